The summed E-state index contributed by atoms with van der Waals surface area (Å²) in [4.78, 5) is 17.6. The topological polar surface area (TPSA) is 107 Å². The molecule has 76 valence electrons. The van der Waals surface area contributed by atoms with Crippen molar-refractivity contribution in [2.24, 2.45) is 5.73 Å². The maximum atomic E-state index is 12.6. The number of nitrogens with zero attached hydrogens (tertiary/aromatic N) is 2. The maximum absolute atomic E-state index is 12.6. The third-order valence-corrected chi connectivity index (χ3v) is 1.43. The van der Waals surface area contributed by atoms with Crippen LogP contribution in [0.25, 0.3) is 0 Å². The number of rotatable bonds is 4. The lowest BCUT2D eigenvalue weighted by atomic mass is 10.4. The molecule has 0 aliphatic carbocycles. The molecule has 14 heavy (non-hydrogen) atoms. The average molecular weight is 199 g/mol. The van der Waals surface area contributed by atoms with Crippen molar-refractivity contribution in [3.8, 4) is 0 Å². The minimum atomic E-state index is -0.676. The van der Waals surface area contributed by atoms with Gasteiger partial charge in [0.05, 0.1) is 6.20 Å². The molecule has 1 amide bonds. The van der Waals surface area contributed by atoms with Gasteiger partial charge in [0.2, 0.25) is 11.9 Å². The van der Waals surface area contributed by atoms with E-state index in [2.05, 4.69) is 15.3 Å². The second-order valence-corrected chi connectivity index (χ2v) is 2.57. The van der Waals surface area contributed by atoms with E-state index in [1.54, 1.807) is 0 Å². The van der Waals surface area contributed by atoms with E-state index in [0.29, 0.717) is 6.54 Å². The SMILES string of the molecule is NC(=O)CCNc1ncc(F)c(N)n1. The summed E-state index contributed by atoms with van der Waals surface area (Å²) in [5.41, 5.74) is 10.1. The zero-order chi connectivity index (χ0) is 10.6. The number of halogens is 1. The highest BCUT2D eigenvalue weighted by atomic mass is 19.1. The predicted octanol–water partition coefficient (Wildman–Crippen LogP) is -0.515. The van der Waals surface area contributed by atoms with Crippen LogP contribution in [0.15, 0.2) is 6.20 Å². The molecule has 0 saturated heterocycles. The summed E-state index contributed by atoms with van der Waals surface area (Å²) in [6, 6.07) is 0. The van der Waals surface area contributed by atoms with E-state index in [4.69, 9.17) is 11.5 Å². The molecule has 0 spiro atoms. The Morgan fingerprint density at radius 2 is 2.36 bits per heavy atom. The van der Waals surface area contributed by atoms with Gasteiger partial charge in [0.25, 0.3) is 0 Å². The highest BCUT2D eigenvalue weighted by molar-refractivity contribution is 5.74. The van der Waals surface area contributed by atoms with Crippen molar-refractivity contribution in [3.63, 3.8) is 0 Å². The number of anilines is 2. The number of carbonyl (C=O) groups excluding carboxylic acids is 1. The van der Waals surface area contributed by atoms with Gasteiger partial charge < -0.3 is 16.8 Å². The van der Waals surface area contributed by atoms with Crippen molar-refractivity contribution >= 4 is 17.7 Å². The number of aromatic nitrogens is 2. The Kier molecular flexibility index (Phi) is 3.16. The van der Waals surface area contributed by atoms with Gasteiger partial charge in [0.1, 0.15) is 0 Å². The Bertz CT molecular complexity index is 343. The van der Waals surface area contributed by atoms with Gasteiger partial charge in [-0.1, -0.05) is 0 Å². The fourth-order valence-electron chi connectivity index (χ4n) is 0.763. The molecule has 1 rings (SSSR count). The number of hydrogen-bond donors (Lipinski definition) is 3. The van der Waals surface area contributed by atoms with E-state index in [0.717, 1.165) is 6.20 Å². The minimum Gasteiger partial charge on any atom is -0.381 e. The predicted molar refractivity (Wildman–Crippen MR) is 48.7 cm³/mol. The molecule has 0 atom stereocenters. The number of nitrogens with two attached hydrogens (primary N) is 2. The smallest absolute Gasteiger partial charge is 0.224 e. The van der Waals surface area contributed by atoms with Crippen LogP contribution in [0.2, 0.25) is 0 Å². The molecule has 1 aromatic rings. The van der Waals surface area contributed by atoms with Gasteiger partial charge in [0, 0.05) is 13.0 Å². The standard InChI is InChI=1S/C7H10FN5O/c8-4-3-12-7(13-6(4)10)11-2-1-5(9)14/h3H,1-2H2,(H2,9,14)(H3,10,11,12,13). The molecule has 0 radical (unpaired) electrons. The van der Waals surface area contributed by atoms with E-state index in [-0.39, 0.29) is 18.2 Å². The van der Waals surface area contributed by atoms with Gasteiger partial charge >= 0.3 is 0 Å². The van der Waals surface area contributed by atoms with Crippen molar-refractivity contribution in [2.75, 3.05) is 17.6 Å². The van der Waals surface area contributed by atoms with Crippen LogP contribution < -0.4 is 16.8 Å². The first kappa shape index (κ1) is 10.2. The zero-order valence-corrected chi connectivity index (χ0v) is 7.33. The van der Waals surface area contributed by atoms with E-state index in [9.17, 15) is 9.18 Å². The summed E-state index contributed by atoms with van der Waals surface area (Å²) in [6.45, 7) is 0.292. The molecular formula is C7H10FN5O. The quantitative estimate of drug-likeness (QED) is 0.605. The van der Waals surface area contributed by atoms with Crippen LogP contribution in [0.4, 0.5) is 16.2 Å². The Labute approximate surface area is 79.5 Å². The van der Waals surface area contributed by atoms with Crippen LogP contribution in [0.5, 0.6) is 0 Å². The van der Waals surface area contributed by atoms with Gasteiger partial charge in [-0.2, -0.15) is 4.98 Å². The monoisotopic (exact) mass is 199 g/mol. The molecule has 0 saturated carbocycles. The molecule has 0 bridgehead atoms. The van der Waals surface area contributed by atoms with Gasteiger partial charge in [-0.15, -0.1) is 0 Å². The lowest BCUT2D eigenvalue weighted by Gasteiger charge is -2.03. The fraction of sp³-hybridized carbons (Fsp3) is 0.286. The first-order chi connectivity index (χ1) is 6.59. The minimum absolute atomic E-state index is 0.153. The summed E-state index contributed by atoms with van der Waals surface area (Å²) < 4.78 is 12.6. The summed E-state index contributed by atoms with van der Waals surface area (Å²) >= 11 is 0. The lowest BCUT2D eigenvalue weighted by Crippen LogP contribution is -2.17. The van der Waals surface area contributed by atoms with Crippen LogP contribution in [0.1, 0.15) is 6.42 Å². The molecule has 0 aliphatic heterocycles. The maximum Gasteiger partial charge on any atom is 0.224 e. The fourth-order valence-corrected chi connectivity index (χ4v) is 0.763. The zero-order valence-electron chi connectivity index (χ0n) is 7.33. The Hall–Kier alpha value is -1.92. The van der Waals surface area contributed by atoms with E-state index >= 15 is 0 Å². The van der Waals surface area contributed by atoms with Crippen molar-refractivity contribution in [2.45, 2.75) is 6.42 Å². The Balaban J connectivity index is 2.51. The Morgan fingerprint density at radius 1 is 1.64 bits per heavy atom. The van der Waals surface area contributed by atoms with Crippen LogP contribution in [-0.4, -0.2) is 22.4 Å². The van der Waals surface area contributed by atoms with Crippen molar-refractivity contribution in [1.29, 1.82) is 0 Å². The van der Waals surface area contributed by atoms with E-state index in [1.807, 2.05) is 0 Å². The highest BCUT2D eigenvalue weighted by Gasteiger charge is 2.02. The third kappa shape index (κ3) is 2.85. The molecule has 7 heteroatoms. The number of amides is 1. The molecule has 5 N–H and O–H groups in total. The molecule has 0 fully saturated rings. The number of primary amides is 1. The van der Waals surface area contributed by atoms with Gasteiger partial charge in [-0.3, -0.25) is 4.79 Å². The second-order valence-electron chi connectivity index (χ2n) is 2.57. The van der Waals surface area contributed by atoms with E-state index < -0.39 is 11.7 Å². The number of nitrogen functional groups attached to an aromatic ring is 1. The van der Waals surface area contributed by atoms with Crippen molar-refractivity contribution < 1.29 is 9.18 Å². The first-order valence-corrected chi connectivity index (χ1v) is 3.90. The van der Waals surface area contributed by atoms with Crippen LogP contribution in [-0.2, 0) is 4.79 Å². The van der Waals surface area contributed by atoms with Crippen LogP contribution >= 0.6 is 0 Å². The normalized spacial score (nSPS) is 9.79. The van der Waals surface area contributed by atoms with Crippen LogP contribution in [0, 0.1) is 5.82 Å². The lowest BCUT2D eigenvalue weighted by molar-refractivity contribution is -0.117. The Morgan fingerprint density at radius 3 is 2.93 bits per heavy atom. The van der Waals surface area contributed by atoms with Gasteiger partial charge in [-0.05, 0) is 0 Å². The second kappa shape index (κ2) is 4.35. The van der Waals surface area contributed by atoms with Crippen LogP contribution in [0.3, 0.4) is 0 Å². The summed E-state index contributed by atoms with van der Waals surface area (Å²) in [5.74, 6) is -1.18. The largest absolute Gasteiger partial charge is 0.381 e. The molecule has 6 nitrogen and oxygen atoms in total. The molecular weight excluding hydrogens is 189 g/mol. The summed E-state index contributed by atoms with van der Waals surface area (Å²) in [5, 5.41) is 2.67. The van der Waals surface area contributed by atoms with Gasteiger partial charge in [0.15, 0.2) is 11.6 Å². The van der Waals surface area contributed by atoms with Crippen molar-refractivity contribution in [3.05, 3.63) is 12.0 Å². The summed E-state index contributed by atoms with van der Waals surface area (Å²) in [7, 11) is 0. The van der Waals surface area contributed by atoms with Gasteiger partial charge in [-0.25, -0.2) is 9.37 Å². The molecule has 1 aromatic heterocycles. The molecule has 0 unspecified atom stereocenters. The first-order valence-electron chi connectivity index (χ1n) is 3.90. The van der Waals surface area contributed by atoms with E-state index in [1.165, 1.54) is 0 Å². The number of hydrogen-bond acceptors (Lipinski definition) is 5. The average Bonchev–Trinajstić information content (AvgIpc) is 2.10. The molecule has 1 heterocycles. The molecule has 0 aliphatic rings. The number of nitrogens with one attached hydrogen (secondary N) is 1. The summed E-state index contributed by atoms with van der Waals surface area (Å²) in [6.07, 6.45) is 1.11. The highest BCUT2D eigenvalue weighted by Crippen LogP contribution is 2.06. The third-order valence-electron chi connectivity index (χ3n) is 1.43. The van der Waals surface area contributed by atoms with Crippen molar-refractivity contribution in [1.82, 2.24) is 9.97 Å². The molecule has 0 aromatic carbocycles. The number of carbonyl (C=O) groups is 1.